The van der Waals surface area contributed by atoms with Crippen molar-refractivity contribution in [3.63, 3.8) is 0 Å². The molecule has 2 unspecified atom stereocenters. The van der Waals surface area contributed by atoms with E-state index in [4.69, 9.17) is 0 Å². The minimum atomic E-state index is 0.350. The zero-order chi connectivity index (χ0) is 12.3. The average molecular weight is 230 g/mol. The molecule has 0 saturated heterocycles. The van der Waals surface area contributed by atoms with Crippen LogP contribution < -0.4 is 5.32 Å². The maximum atomic E-state index is 4.45. The fourth-order valence-electron chi connectivity index (χ4n) is 1.64. The average Bonchev–Trinajstić information content (AvgIpc) is 2.37. The Bertz CT molecular complexity index is 497. The van der Waals surface area contributed by atoms with E-state index < -0.39 is 0 Å². The summed E-state index contributed by atoms with van der Waals surface area (Å²) < 4.78 is 0. The first kappa shape index (κ1) is 11.8. The third kappa shape index (κ3) is 2.70. The Hall–Kier alpha value is -1.71. The first-order valence-corrected chi connectivity index (χ1v) is 6.06. The largest absolute Gasteiger partial charge is 0.350 e. The molecule has 17 heavy (non-hydrogen) atoms. The lowest BCUT2D eigenvalue weighted by Gasteiger charge is -2.19. The van der Waals surface area contributed by atoms with E-state index in [-0.39, 0.29) is 0 Å². The number of nitrogens with one attached hydrogen (secondary N) is 1. The van der Waals surface area contributed by atoms with Gasteiger partial charge in [0.2, 0.25) is 5.95 Å². The molecule has 0 radical (unpaired) electrons. The van der Waals surface area contributed by atoms with Crippen LogP contribution in [0.25, 0.3) is 11.0 Å². The van der Waals surface area contributed by atoms with Gasteiger partial charge in [-0.3, -0.25) is 0 Å². The van der Waals surface area contributed by atoms with E-state index in [1.54, 1.807) is 0 Å². The summed E-state index contributed by atoms with van der Waals surface area (Å²) in [6.45, 7) is 6.54. The summed E-state index contributed by atoms with van der Waals surface area (Å²) in [7, 11) is 0. The first-order chi connectivity index (χ1) is 8.20. The van der Waals surface area contributed by atoms with Gasteiger partial charge in [0.25, 0.3) is 0 Å². The van der Waals surface area contributed by atoms with Crippen LogP contribution in [0.4, 0.5) is 5.95 Å². The number of rotatable bonds is 4. The summed E-state index contributed by atoms with van der Waals surface area (Å²) in [5.74, 6) is 1.20. The molecule has 0 fully saturated rings. The number of aromatic nitrogens is 3. The highest BCUT2D eigenvalue weighted by atomic mass is 15.2. The maximum Gasteiger partial charge on any atom is 0.243 e. The molecular weight excluding hydrogens is 212 g/mol. The third-order valence-electron chi connectivity index (χ3n) is 3.21. The Morgan fingerprint density at radius 1 is 1.12 bits per heavy atom. The molecule has 0 spiro atoms. The molecule has 2 atom stereocenters. The lowest BCUT2D eigenvalue weighted by atomic mass is 10.0. The minimum Gasteiger partial charge on any atom is -0.350 e. The number of benzene rings is 1. The molecule has 1 N–H and O–H groups in total. The normalized spacial score (nSPS) is 14.5. The van der Waals surface area contributed by atoms with Gasteiger partial charge < -0.3 is 5.32 Å². The van der Waals surface area contributed by atoms with Gasteiger partial charge in [0.1, 0.15) is 5.52 Å². The summed E-state index contributed by atoms with van der Waals surface area (Å²) in [5, 5.41) is 11.5. The molecule has 4 nitrogen and oxygen atoms in total. The molecule has 1 aromatic heterocycles. The number of hydrogen-bond acceptors (Lipinski definition) is 4. The molecule has 0 aliphatic rings. The van der Waals surface area contributed by atoms with Gasteiger partial charge in [-0.05, 0) is 25.0 Å². The van der Waals surface area contributed by atoms with E-state index in [1.165, 1.54) is 0 Å². The second-order valence-corrected chi connectivity index (χ2v) is 4.44. The Labute approximate surface area is 101 Å². The standard InChI is InChI=1S/C13H18N4/c1-4-9(2)10(3)14-13-15-11-7-5-6-8-12(11)16-17-13/h5-10H,4H2,1-3H3,(H,14,15,17). The molecule has 4 heteroatoms. The fraction of sp³-hybridized carbons (Fsp3) is 0.462. The van der Waals surface area contributed by atoms with Gasteiger partial charge in [0.05, 0.1) is 5.52 Å². The van der Waals surface area contributed by atoms with Gasteiger partial charge in [-0.15, -0.1) is 10.2 Å². The minimum absolute atomic E-state index is 0.350. The molecule has 90 valence electrons. The number of nitrogens with zero attached hydrogens (tertiary/aromatic N) is 3. The third-order valence-corrected chi connectivity index (χ3v) is 3.21. The molecule has 0 aliphatic heterocycles. The topological polar surface area (TPSA) is 50.7 Å². The van der Waals surface area contributed by atoms with Crippen LogP contribution in [0.3, 0.4) is 0 Å². The van der Waals surface area contributed by atoms with Crippen LogP contribution in [0.1, 0.15) is 27.2 Å². The van der Waals surface area contributed by atoms with Crippen LogP contribution in [0.2, 0.25) is 0 Å². The van der Waals surface area contributed by atoms with Crippen LogP contribution in [0.15, 0.2) is 24.3 Å². The molecule has 0 bridgehead atoms. The number of fused-ring (bicyclic) bond motifs is 1. The summed E-state index contributed by atoms with van der Waals surface area (Å²) in [4.78, 5) is 4.45. The van der Waals surface area contributed by atoms with Gasteiger partial charge in [0, 0.05) is 6.04 Å². The molecule has 1 aromatic carbocycles. The smallest absolute Gasteiger partial charge is 0.243 e. The Balaban J connectivity index is 2.19. The van der Waals surface area contributed by atoms with Gasteiger partial charge in [-0.2, -0.15) is 0 Å². The summed E-state index contributed by atoms with van der Waals surface area (Å²) in [6.07, 6.45) is 1.13. The van der Waals surface area contributed by atoms with Crippen molar-refractivity contribution in [3.8, 4) is 0 Å². The maximum absolute atomic E-state index is 4.45. The first-order valence-electron chi connectivity index (χ1n) is 6.06. The van der Waals surface area contributed by atoms with Crippen molar-refractivity contribution < 1.29 is 0 Å². The van der Waals surface area contributed by atoms with Crippen molar-refractivity contribution in [1.82, 2.24) is 15.2 Å². The van der Waals surface area contributed by atoms with Crippen LogP contribution in [-0.4, -0.2) is 21.2 Å². The second-order valence-electron chi connectivity index (χ2n) is 4.44. The molecular formula is C13H18N4. The monoisotopic (exact) mass is 230 g/mol. The van der Waals surface area contributed by atoms with Gasteiger partial charge in [0.15, 0.2) is 0 Å². The fourth-order valence-corrected chi connectivity index (χ4v) is 1.64. The molecule has 0 aliphatic carbocycles. The highest BCUT2D eigenvalue weighted by Crippen LogP contribution is 2.13. The highest BCUT2D eigenvalue weighted by Gasteiger charge is 2.11. The predicted octanol–water partition coefficient (Wildman–Crippen LogP) is 2.87. The van der Waals surface area contributed by atoms with Crippen molar-refractivity contribution in [1.29, 1.82) is 0 Å². The van der Waals surface area contributed by atoms with E-state index in [0.29, 0.717) is 17.9 Å². The van der Waals surface area contributed by atoms with Crippen LogP contribution >= 0.6 is 0 Å². The molecule has 2 aromatic rings. The Morgan fingerprint density at radius 2 is 1.82 bits per heavy atom. The number of anilines is 1. The summed E-state index contributed by atoms with van der Waals surface area (Å²) in [5.41, 5.74) is 1.70. The lowest BCUT2D eigenvalue weighted by molar-refractivity contribution is 0.492. The molecule has 2 rings (SSSR count). The Kier molecular flexibility index (Phi) is 3.52. The number of para-hydroxylation sites is 1. The van der Waals surface area contributed by atoms with E-state index in [9.17, 15) is 0 Å². The predicted molar refractivity (Wildman–Crippen MR) is 69.9 cm³/mol. The summed E-state index contributed by atoms with van der Waals surface area (Å²) >= 11 is 0. The van der Waals surface area contributed by atoms with Gasteiger partial charge in [-0.25, -0.2) is 4.98 Å². The molecule has 0 saturated carbocycles. The summed E-state index contributed by atoms with van der Waals surface area (Å²) in [6, 6.07) is 8.11. The van der Waals surface area contributed by atoms with E-state index in [2.05, 4.69) is 41.3 Å². The second kappa shape index (κ2) is 5.08. The van der Waals surface area contributed by atoms with Crippen LogP contribution in [0, 0.1) is 5.92 Å². The van der Waals surface area contributed by atoms with E-state index >= 15 is 0 Å². The van der Waals surface area contributed by atoms with Crippen molar-refractivity contribution in [3.05, 3.63) is 24.3 Å². The van der Waals surface area contributed by atoms with E-state index in [1.807, 2.05) is 24.3 Å². The van der Waals surface area contributed by atoms with Crippen molar-refractivity contribution >= 4 is 17.0 Å². The highest BCUT2D eigenvalue weighted by molar-refractivity contribution is 5.74. The van der Waals surface area contributed by atoms with Gasteiger partial charge in [-0.1, -0.05) is 32.4 Å². The van der Waals surface area contributed by atoms with Crippen LogP contribution in [-0.2, 0) is 0 Å². The SMILES string of the molecule is CCC(C)C(C)Nc1nnc2ccccc2n1. The zero-order valence-corrected chi connectivity index (χ0v) is 10.5. The van der Waals surface area contributed by atoms with Crippen molar-refractivity contribution in [2.75, 3.05) is 5.32 Å². The quantitative estimate of drug-likeness (QED) is 0.877. The van der Waals surface area contributed by atoms with Crippen molar-refractivity contribution in [2.24, 2.45) is 5.92 Å². The van der Waals surface area contributed by atoms with Crippen LogP contribution in [0.5, 0.6) is 0 Å². The molecule has 1 heterocycles. The van der Waals surface area contributed by atoms with E-state index in [0.717, 1.165) is 17.5 Å². The molecule has 0 amide bonds. The number of hydrogen-bond donors (Lipinski definition) is 1. The Morgan fingerprint density at radius 3 is 2.53 bits per heavy atom. The van der Waals surface area contributed by atoms with Gasteiger partial charge >= 0.3 is 0 Å². The van der Waals surface area contributed by atoms with Crippen molar-refractivity contribution in [2.45, 2.75) is 33.2 Å². The zero-order valence-electron chi connectivity index (χ0n) is 10.5. The lowest BCUT2D eigenvalue weighted by Crippen LogP contribution is -2.24.